The molecule has 0 saturated carbocycles. The van der Waals surface area contributed by atoms with E-state index < -0.39 is 12.1 Å². The van der Waals surface area contributed by atoms with E-state index in [2.05, 4.69) is 15.0 Å². The molecule has 5 nitrogen and oxygen atoms in total. The number of nitrogens with one attached hydrogen (secondary N) is 1. The third kappa shape index (κ3) is 4.21. The summed E-state index contributed by atoms with van der Waals surface area (Å²) in [7, 11) is 0. The predicted molar refractivity (Wildman–Crippen MR) is 52.9 cm³/mol. The highest BCUT2D eigenvalue weighted by Gasteiger charge is 2.07. The third-order valence-electron chi connectivity index (χ3n) is 1.64. The molecule has 0 aliphatic heterocycles. The van der Waals surface area contributed by atoms with Crippen molar-refractivity contribution in [3.63, 3.8) is 0 Å². The van der Waals surface area contributed by atoms with Crippen LogP contribution in [0, 0.1) is 0 Å². The highest BCUT2D eigenvalue weighted by atomic mass is 16.6. The van der Waals surface area contributed by atoms with Crippen LogP contribution in [0.2, 0.25) is 0 Å². The van der Waals surface area contributed by atoms with Crippen molar-refractivity contribution in [2.75, 3.05) is 0 Å². The van der Waals surface area contributed by atoms with E-state index in [0.29, 0.717) is 5.69 Å². The fourth-order valence-electron chi connectivity index (χ4n) is 0.877. The van der Waals surface area contributed by atoms with Crippen LogP contribution in [0.15, 0.2) is 24.4 Å². The topological polar surface area (TPSA) is 68.3 Å². The lowest BCUT2D eigenvalue weighted by Gasteiger charge is -2.03. The van der Waals surface area contributed by atoms with Crippen molar-refractivity contribution in [2.45, 2.75) is 19.9 Å². The maximum Gasteiger partial charge on any atom is 0.415 e. The molecule has 1 aromatic rings. The number of hydrogen-bond donors (Lipinski definition) is 1. The average Bonchev–Trinajstić information content (AvgIpc) is 2.27. The van der Waals surface area contributed by atoms with Crippen LogP contribution in [0.3, 0.4) is 0 Å². The Balaban J connectivity index is 2.32. The fourth-order valence-corrected chi connectivity index (χ4v) is 0.877. The first-order valence-electron chi connectivity index (χ1n) is 4.60. The van der Waals surface area contributed by atoms with Crippen LogP contribution >= 0.6 is 0 Å². The van der Waals surface area contributed by atoms with Gasteiger partial charge in [0.15, 0.2) is 0 Å². The second-order valence-electron chi connectivity index (χ2n) is 2.79. The van der Waals surface area contributed by atoms with E-state index >= 15 is 0 Å². The van der Waals surface area contributed by atoms with Gasteiger partial charge in [-0.05, 0) is 12.1 Å². The Morgan fingerprint density at radius 2 is 2.27 bits per heavy atom. The summed E-state index contributed by atoms with van der Waals surface area (Å²) in [5.41, 5.74) is 0.707. The molecule has 0 aliphatic carbocycles. The molecule has 1 aromatic heterocycles. The molecule has 1 N–H and O–H groups in total. The highest BCUT2D eigenvalue weighted by molar-refractivity contribution is 5.84. The molecule has 1 rings (SSSR count). The fraction of sp³-hybridized carbons (Fsp3) is 0.300. The molecule has 5 heteroatoms. The molecule has 0 aliphatic rings. The third-order valence-corrected chi connectivity index (χ3v) is 1.64. The first-order chi connectivity index (χ1) is 7.22. The first kappa shape index (κ1) is 11.2. The van der Waals surface area contributed by atoms with E-state index in [-0.39, 0.29) is 13.0 Å². The SMILES string of the molecule is CCC(=O)OC(=O)NCc1ccccn1. The number of ether oxygens (including phenoxy) is 1. The zero-order valence-corrected chi connectivity index (χ0v) is 8.40. The Morgan fingerprint density at radius 1 is 1.47 bits per heavy atom. The number of carbonyl (C=O) groups excluding carboxylic acids is 2. The highest BCUT2D eigenvalue weighted by Crippen LogP contribution is 1.93. The molecule has 0 fully saturated rings. The Hall–Kier alpha value is -1.91. The predicted octanol–water partition coefficient (Wildman–Crippen LogP) is 1.24. The number of hydrogen-bond acceptors (Lipinski definition) is 4. The summed E-state index contributed by atoms with van der Waals surface area (Å²) < 4.78 is 4.40. The number of amides is 1. The lowest BCUT2D eigenvalue weighted by atomic mass is 10.3. The van der Waals surface area contributed by atoms with E-state index in [0.717, 1.165) is 0 Å². The van der Waals surface area contributed by atoms with Crippen molar-refractivity contribution in [3.05, 3.63) is 30.1 Å². The lowest BCUT2D eigenvalue weighted by molar-refractivity contribution is -0.136. The molecule has 15 heavy (non-hydrogen) atoms. The zero-order chi connectivity index (χ0) is 11.1. The number of aromatic nitrogens is 1. The van der Waals surface area contributed by atoms with Crippen LogP contribution in [0.4, 0.5) is 4.79 Å². The van der Waals surface area contributed by atoms with Gasteiger partial charge >= 0.3 is 12.1 Å². The minimum Gasteiger partial charge on any atom is -0.376 e. The smallest absolute Gasteiger partial charge is 0.376 e. The second kappa shape index (κ2) is 5.74. The van der Waals surface area contributed by atoms with Crippen LogP contribution in [-0.2, 0) is 16.1 Å². The van der Waals surface area contributed by atoms with E-state index in [9.17, 15) is 9.59 Å². The average molecular weight is 208 g/mol. The van der Waals surface area contributed by atoms with Gasteiger partial charge in [-0.25, -0.2) is 4.79 Å². The maximum absolute atomic E-state index is 11.0. The van der Waals surface area contributed by atoms with Gasteiger partial charge in [-0.2, -0.15) is 0 Å². The standard InChI is InChI=1S/C10H12N2O3/c1-2-9(13)15-10(14)12-7-8-5-3-4-6-11-8/h3-6H,2,7H2,1H3,(H,12,14). The van der Waals surface area contributed by atoms with Crippen molar-refractivity contribution in [3.8, 4) is 0 Å². The summed E-state index contributed by atoms with van der Waals surface area (Å²) >= 11 is 0. The Bertz CT molecular complexity index is 338. The second-order valence-corrected chi connectivity index (χ2v) is 2.79. The van der Waals surface area contributed by atoms with E-state index in [1.807, 2.05) is 6.07 Å². The molecule has 0 spiro atoms. The van der Waals surface area contributed by atoms with Gasteiger partial charge in [0.25, 0.3) is 0 Å². The monoisotopic (exact) mass is 208 g/mol. The first-order valence-corrected chi connectivity index (χ1v) is 4.60. The molecule has 0 atom stereocenters. The number of esters is 1. The van der Waals surface area contributed by atoms with E-state index in [1.54, 1.807) is 25.3 Å². The summed E-state index contributed by atoms with van der Waals surface area (Å²) in [6, 6.07) is 5.36. The molecule has 1 amide bonds. The molecular formula is C10H12N2O3. The number of carbonyl (C=O) groups is 2. The molecule has 0 aromatic carbocycles. The van der Waals surface area contributed by atoms with Crippen LogP contribution in [-0.4, -0.2) is 17.0 Å². The summed E-state index contributed by atoms with van der Waals surface area (Å²) in [6.07, 6.45) is 1.06. The van der Waals surface area contributed by atoms with Gasteiger partial charge in [-0.15, -0.1) is 0 Å². The minimum absolute atomic E-state index is 0.178. The molecule has 0 bridgehead atoms. The Morgan fingerprint density at radius 3 is 2.87 bits per heavy atom. The van der Waals surface area contributed by atoms with E-state index in [1.165, 1.54) is 0 Å². The minimum atomic E-state index is -0.743. The van der Waals surface area contributed by atoms with Gasteiger partial charge in [-0.1, -0.05) is 13.0 Å². The van der Waals surface area contributed by atoms with Gasteiger partial charge in [0.05, 0.1) is 12.2 Å². The van der Waals surface area contributed by atoms with Crippen LogP contribution in [0.25, 0.3) is 0 Å². The van der Waals surface area contributed by atoms with Crippen molar-refractivity contribution in [1.82, 2.24) is 10.3 Å². The molecular weight excluding hydrogens is 196 g/mol. The number of alkyl carbamates (subject to hydrolysis) is 1. The van der Waals surface area contributed by atoms with Gasteiger partial charge in [0.1, 0.15) is 0 Å². The van der Waals surface area contributed by atoms with Crippen molar-refractivity contribution in [2.24, 2.45) is 0 Å². The van der Waals surface area contributed by atoms with Gasteiger partial charge in [0.2, 0.25) is 0 Å². The molecule has 80 valence electrons. The normalized spacial score (nSPS) is 9.40. The van der Waals surface area contributed by atoms with Crippen molar-refractivity contribution < 1.29 is 14.3 Å². The molecule has 0 saturated heterocycles. The van der Waals surface area contributed by atoms with Gasteiger partial charge < -0.3 is 10.1 Å². The largest absolute Gasteiger partial charge is 0.415 e. The summed E-state index contributed by atoms with van der Waals surface area (Å²) in [6.45, 7) is 1.87. The Labute approximate surface area is 87.5 Å². The Kier molecular flexibility index (Phi) is 4.28. The molecule has 0 radical (unpaired) electrons. The summed E-state index contributed by atoms with van der Waals surface area (Å²) in [4.78, 5) is 25.7. The number of rotatable bonds is 3. The van der Waals surface area contributed by atoms with Gasteiger partial charge in [0, 0.05) is 12.6 Å². The van der Waals surface area contributed by atoms with Crippen molar-refractivity contribution >= 4 is 12.1 Å². The number of pyridine rings is 1. The molecule has 0 unspecified atom stereocenters. The summed E-state index contributed by atoms with van der Waals surface area (Å²) in [5, 5.41) is 2.42. The summed E-state index contributed by atoms with van der Waals surface area (Å²) in [5.74, 6) is -0.548. The number of nitrogens with zero attached hydrogens (tertiary/aromatic N) is 1. The van der Waals surface area contributed by atoms with Gasteiger partial charge in [-0.3, -0.25) is 9.78 Å². The zero-order valence-electron chi connectivity index (χ0n) is 8.40. The van der Waals surface area contributed by atoms with Crippen molar-refractivity contribution in [1.29, 1.82) is 0 Å². The van der Waals surface area contributed by atoms with Crippen LogP contribution < -0.4 is 5.32 Å². The molecule has 1 heterocycles. The quantitative estimate of drug-likeness (QED) is 0.599. The van der Waals surface area contributed by atoms with Crippen LogP contribution in [0.1, 0.15) is 19.0 Å². The lowest BCUT2D eigenvalue weighted by Crippen LogP contribution is -2.26. The van der Waals surface area contributed by atoms with E-state index in [4.69, 9.17) is 0 Å². The van der Waals surface area contributed by atoms with Crippen LogP contribution in [0.5, 0.6) is 0 Å². The maximum atomic E-state index is 11.0.